The maximum atomic E-state index is 13.3. The molecule has 0 fully saturated rings. The van der Waals surface area contributed by atoms with E-state index in [1.54, 1.807) is 24.3 Å². The van der Waals surface area contributed by atoms with Crippen LogP contribution in [0.25, 0.3) is 11.4 Å². The average molecular weight is 510 g/mol. The molecule has 190 valence electrons. The van der Waals surface area contributed by atoms with E-state index < -0.39 is 23.8 Å². The molecule has 0 aliphatic rings. The highest BCUT2D eigenvalue weighted by Crippen LogP contribution is 2.24. The Balaban J connectivity index is 1.61. The molecule has 4 N–H and O–H groups in total. The fraction of sp³-hybridized carbons (Fsp3) is 0.107. The highest BCUT2D eigenvalue weighted by molar-refractivity contribution is 6.01. The van der Waals surface area contributed by atoms with E-state index >= 15 is 0 Å². The first-order valence-corrected chi connectivity index (χ1v) is 11.6. The molecule has 0 radical (unpaired) electrons. The molecule has 4 aromatic rings. The Morgan fingerprint density at radius 1 is 1.00 bits per heavy atom. The van der Waals surface area contributed by atoms with Gasteiger partial charge in [0.15, 0.2) is 11.5 Å². The molecule has 0 spiro atoms. The van der Waals surface area contributed by atoms with E-state index in [9.17, 15) is 24.9 Å². The lowest BCUT2D eigenvalue weighted by atomic mass is 10.0. The molecule has 0 unspecified atom stereocenters. The Hall–Kier alpha value is -5.43. The molecule has 2 amide bonds. The number of imidazole rings is 1. The normalized spacial score (nSPS) is 11.3. The summed E-state index contributed by atoms with van der Waals surface area (Å²) in [6.45, 7) is 1.54. The molecule has 4 rings (SSSR count). The first-order valence-electron chi connectivity index (χ1n) is 11.6. The van der Waals surface area contributed by atoms with Crippen molar-refractivity contribution in [2.45, 2.75) is 19.4 Å². The van der Waals surface area contributed by atoms with Gasteiger partial charge in [-0.2, -0.15) is 9.99 Å². The molecular weight excluding hydrogens is 486 g/mol. The number of carbonyl (C=O) groups excluding carboxylic acids is 2. The van der Waals surface area contributed by atoms with E-state index in [1.165, 1.54) is 31.2 Å². The van der Waals surface area contributed by atoms with E-state index in [2.05, 4.69) is 15.6 Å². The van der Waals surface area contributed by atoms with Crippen molar-refractivity contribution in [3.8, 4) is 17.5 Å². The number of rotatable bonds is 8. The number of benzene rings is 3. The number of carboxylic acids is 1. The molecular formula is C28H23N5O5. The Kier molecular flexibility index (Phi) is 7.49. The summed E-state index contributed by atoms with van der Waals surface area (Å²) in [5, 5.41) is 34.7. The highest BCUT2D eigenvalue weighted by Gasteiger charge is 2.28. The second-order valence-electron chi connectivity index (χ2n) is 8.43. The molecule has 1 heterocycles. The molecule has 0 saturated carbocycles. The molecule has 0 saturated heterocycles. The van der Waals surface area contributed by atoms with Crippen LogP contribution in [0.2, 0.25) is 0 Å². The van der Waals surface area contributed by atoms with Gasteiger partial charge in [-0.25, -0.2) is 9.78 Å². The smallest absolute Gasteiger partial charge is 0.335 e. The molecule has 38 heavy (non-hydrogen) atoms. The standard InChI is InChI=1S/C28H23N5O5/c1-17-24(33(38)25(30-17)22-10-6-5-9-20(22)16-29)27(35)32-23(15-18-7-3-2-4-8-18)26(34)31-21-13-11-19(12-14-21)28(36)37/h2-14,23,38H,15H2,1H3,(H,31,34)(H,32,35)(H,36,37)/t23-/m0/s1. The van der Waals surface area contributed by atoms with Crippen LogP contribution < -0.4 is 10.6 Å². The first-order chi connectivity index (χ1) is 18.3. The van der Waals surface area contributed by atoms with Gasteiger partial charge in [-0.05, 0) is 48.9 Å². The Bertz CT molecular complexity index is 1540. The second-order valence-corrected chi connectivity index (χ2v) is 8.43. The molecule has 10 heteroatoms. The zero-order chi connectivity index (χ0) is 27.2. The van der Waals surface area contributed by atoms with E-state index in [1.807, 2.05) is 36.4 Å². The minimum Gasteiger partial charge on any atom is -0.478 e. The Morgan fingerprint density at radius 2 is 1.66 bits per heavy atom. The summed E-state index contributed by atoms with van der Waals surface area (Å²) >= 11 is 0. The number of aromatic carboxylic acids is 1. The molecule has 1 aromatic heterocycles. The van der Waals surface area contributed by atoms with Crippen LogP contribution in [0.4, 0.5) is 5.69 Å². The van der Waals surface area contributed by atoms with Crippen molar-refractivity contribution in [3.05, 3.63) is 107 Å². The Morgan fingerprint density at radius 3 is 2.32 bits per heavy atom. The Labute approximate surface area is 217 Å². The fourth-order valence-electron chi connectivity index (χ4n) is 3.94. The van der Waals surface area contributed by atoms with Crippen LogP contribution in [-0.4, -0.2) is 43.9 Å². The van der Waals surface area contributed by atoms with Crippen LogP contribution >= 0.6 is 0 Å². The van der Waals surface area contributed by atoms with Crippen molar-refractivity contribution in [1.29, 1.82) is 5.26 Å². The van der Waals surface area contributed by atoms with Crippen LogP contribution in [0.3, 0.4) is 0 Å². The van der Waals surface area contributed by atoms with Gasteiger partial charge in [0.1, 0.15) is 6.04 Å². The highest BCUT2D eigenvalue weighted by atomic mass is 16.5. The number of nitriles is 1. The van der Waals surface area contributed by atoms with Crippen molar-refractivity contribution >= 4 is 23.5 Å². The zero-order valence-electron chi connectivity index (χ0n) is 20.3. The van der Waals surface area contributed by atoms with Gasteiger partial charge in [-0.1, -0.05) is 42.5 Å². The van der Waals surface area contributed by atoms with Crippen LogP contribution in [-0.2, 0) is 11.2 Å². The molecule has 1 atom stereocenters. The summed E-state index contributed by atoms with van der Waals surface area (Å²) in [5.74, 6) is -2.35. The number of amides is 2. The lowest BCUT2D eigenvalue weighted by molar-refractivity contribution is -0.118. The second kappa shape index (κ2) is 11.1. The molecule has 0 aliphatic carbocycles. The topological polar surface area (TPSA) is 157 Å². The van der Waals surface area contributed by atoms with Crippen LogP contribution in [0.5, 0.6) is 0 Å². The number of anilines is 1. The molecule has 0 aliphatic heterocycles. The summed E-state index contributed by atoms with van der Waals surface area (Å²) in [5.41, 5.74) is 1.86. The predicted molar refractivity (Wildman–Crippen MR) is 138 cm³/mol. The van der Waals surface area contributed by atoms with Gasteiger partial charge in [0.2, 0.25) is 5.91 Å². The summed E-state index contributed by atoms with van der Waals surface area (Å²) in [7, 11) is 0. The largest absolute Gasteiger partial charge is 0.478 e. The minimum atomic E-state index is -1.09. The summed E-state index contributed by atoms with van der Waals surface area (Å²) in [4.78, 5) is 41.9. The summed E-state index contributed by atoms with van der Waals surface area (Å²) in [6.07, 6.45) is 0.147. The number of carboxylic acid groups (broad SMARTS) is 1. The quantitative estimate of drug-likeness (QED) is 0.264. The van der Waals surface area contributed by atoms with E-state index in [4.69, 9.17) is 5.11 Å². The number of aryl methyl sites for hydroxylation is 1. The number of nitrogens with one attached hydrogen (secondary N) is 2. The van der Waals surface area contributed by atoms with Gasteiger partial charge >= 0.3 is 5.97 Å². The maximum absolute atomic E-state index is 13.3. The van der Waals surface area contributed by atoms with Crippen molar-refractivity contribution in [2.24, 2.45) is 0 Å². The third-order valence-corrected chi connectivity index (χ3v) is 5.84. The lowest BCUT2D eigenvalue weighted by Gasteiger charge is -2.19. The van der Waals surface area contributed by atoms with Gasteiger partial charge in [0, 0.05) is 17.7 Å². The summed E-state index contributed by atoms with van der Waals surface area (Å²) in [6, 6.07) is 22.2. The molecule has 0 bridgehead atoms. The van der Waals surface area contributed by atoms with E-state index in [0.29, 0.717) is 16.0 Å². The van der Waals surface area contributed by atoms with Crippen molar-refractivity contribution in [1.82, 2.24) is 15.0 Å². The number of hydrogen-bond acceptors (Lipinski definition) is 6. The monoisotopic (exact) mass is 509 g/mol. The van der Waals surface area contributed by atoms with Crippen molar-refractivity contribution in [3.63, 3.8) is 0 Å². The lowest BCUT2D eigenvalue weighted by Crippen LogP contribution is -2.46. The van der Waals surface area contributed by atoms with Gasteiger partial charge in [0.25, 0.3) is 5.91 Å². The zero-order valence-corrected chi connectivity index (χ0v) is 20.3. The van der Waals surface area contributed by atoms with Crippen molar-refractivity contribution < 1.29 is 24.7 Å². The van der Waals surface area contributed by atoms with Crippen LogP contribution in [0.1, 0.15) is 37.7 Å². The van der Waals surface area contributed by atoms with E-state index in [0.717, 1.165) is 5.56 Å². The number of hydrogen-bond donors (Lipinski definition) is 4. The molecule has 10 nitrogen and oxygen atoms in total. The van der Waals surface area contributed by atoms with Crippen LogP contribution in [0.15, 0.2) is 78.9 Å². The third kappa shape index (κ3) is 5.52. The van der Waals surface area contributed by atoms with Gasteiger partial charge < -0.3 is 20.9 Å². The molecule has 3 aromatic carbocycles. The number of carbonyl (C=O) groups is 3. The van der Waals surface area contributed by atoms with Gasteiger partial charge in [-0.15, -0.1) is 0 Å². The summed E-state index contributed by atoms with van der Waals surface area (Å²) < 4.78 is 0.614. The van der Waals surface area contributed by atoms with Gasteiger partial charge in [0.05, 0.1) is 22.9 Å². The maximum Gasteiger partial charge on any atom is 0.335 e. The number of nitrogens with zero attached hydrogens (tertiary/aromatic N) is 3. The van der Waals surface area contributed by atoms with Crippen LogP contribution in [0, 0.1) is 18.3 Å². The predicted octanol–water partition coefficient (Wildman–Crippen LogP) is 3.65. The first kappa shape index (κ1) is 25.7. The minimum absolute atomic E-state index is 0.0207. The van der Waals surface area contributed by atoms with Crippen molar-refractivity contribution in [2.75, 3.05) is 5.32 Å². The average Bonchev–Trinajstić information content (AvgIpc) is 3.22. The fourth-order valence-corrected chi connectivity index (χ4v) is 3.94. The SMILES string of the molecule is Cc1nc(-c2ccccc2C#N)n(O)c1C(=O)N[C@@H](Cc1ccccc1)C(=O)Nc1ccc(C(=O)O)cc1. The third-order valence-electron chi connectivity index (χ3n) is 5.84. The number of aromatic nitrogens is 2. The van der Waals surface area contributed by atoms with Gasteiger partial charge in [-0.3, -0.25) is 9.59 Å². The van der Waals surface area contributed by atoms with E-state index in [-0.39, 0.29) is 34.8 Å².